The zero-order valence-electron chi connectivity index (χ0n) is 8.04. The molecule has 0 saturated heterocycles. The molecule has 0 unspecified atom stereocenters. The molecule has 0 atom stereocenters. The van der Waals surface area contributed by atoms with Gasteiger partial charge in [-0.05, 0) is 0 Å². The normalized spacial score (nSPS) is 11.2. The molecule has 1 aromatic rings. The molecule has 0 spiro atoms. The molecule has 5 heteroatoms. The summed E-state index contributed by atoms with van der Waals surface area (Å²) in [5.41, 5.74) is -0.153. The Morgan fingerprint density at radius 2 is 2.00 bits per heavy atom. The quantitative estimate of drug-likeness (QED) is 0.346. The molecule has 0 bridgehead atoms. The first-order chi connectivity index (χ1) is 7.20. The van der Waals surface area contributed by atoms with Gasteiger partial charge in [0.05, 0.1) is 7.11 Å². The Kier molecular flexibility index (Phi) is 3.41. The first-order valence-electron chi connectivity index (χ1n) is 4.12. The predicted molar refractivity (Wildman–Crippen MR) is 53.1 cm³/mol. The highest BCUT2D eigenvalue weighted by Gasteiger charge is 2.30. The third-order valence-electron chi connectivity index (χ3n) is 1.75. The number of aliphatic hydroxyl groups is 1. The van der Waals surface area contributed by atoms with Crippen LogP contribution in [0, 0.1) is 5.39 Å². The monoisotopic (exact) mass is 205 g/mol. The minimum atomic E-state index is -0.904. The number of nitrogens with zero attached hydrogens (tertiary/aromatic N) is 2. The molecule has 5 nitrogen and oxygen atoms in total. The fraction of sp³-hybridized carbons (Fsp3) is 0.100. The second-order valence-electron chi connectivity index (χ2n) is 2.65. The van der Waals surface area contributed by atoms with Crippen LogP contribution in [0.1, 0.15) is 5.56 Å². The molecular weight excluding hydrogens is 196 g/mol. The van der Waals surface area contributed by atoms with Crippen LogP contribution >= 0.6 is 0 Å². The van der Waals surface area contributed by atoms with Crippen molar-refractivity contribution >= 4 is 11.7 Å². The van der Waals surface area contributed by atoms with Crippen LogP contribution in [-0.4, -0.2) is 18.2 Å². The molecule has 1 aromatic carbocycles. The fourth-order valence-corrected chi connectivity index (χ4v) is 1.01. The minimum Gasteiger partial charge on any atom is -0.501 e. The molecule has 1 rings (SSSR count). The number of diazo groups is 1. The standard InChI is InChI=1S/C10H8N2O3/c1-15-10(14)8(12-11)9(13)7-5-3-2-4-6-7/h2-6H,1H3/p+1. The van der Waals surface area contributed by atoms with Crippen LogP contribution in [0.25, 0.3) is 10.7 Å². The number of esters is 1. The van der Waals surface area contributed by atoms with Crippen molar-refractivity contribution in [3.63, 3.8) is 0 Å². The molecule has 76 valence electrons. The van der Waals surface area contributed by atoms with Crippen molar-refractivity contribution in [2.24, 2.45) is 0 Å². The van der Waals surface area contributed by atoms with Gasteiger partial charge in [-0.25, -0.2) is 4.79 Å². The van der Waals surface area contributed by atoms with Gasteiger partial charge in [-0.15, -0.1) is 0 Å². The van der Waals surface area contributed by atoms with Crippen LogP contribution in [0.3, 0.4) is 0 Å². The molecule has 0 aliphatic heterocycles. The number of hydrogen-bond donors (Lipinski definition) is 1. The van der Waals surface area contributed by atoms with E-state index >= 15 is 0 Å². The summed E-state index contributed by atoms with van der Waals surface area (Å²) >= 11 is 0. The van der Waals surface area contributed by atoms with E-state index in [9.17, 15) is 9.90 Å². The summed E-state index contributed by atoms with van der Waals surface area (Å²) in [7, 11) is 1.13. The second kappa shape index (κ2) is 4.77. The van der Waals surface area contributed by atoms with E-state index in [2.05, 4.69) is 9.71 Å². The highest BCUT2D eigenvalue weighted by Crippen LogP contribution is 2.17. The van der Waals surface area contributed by atoms with Gasteiger partial charge in [0.1, 0.15) is 0 Å². The average molecular weight is 205 g/mol. The number of methoxy groups -OCH3 is 1. The number of benzene rings is 1. The van der Waals surface area contributed by atoms with Gasteiger partial charge in [0.2, 0.25) is 11.2 Å². The maximum absolute atomic E-state index is 11.1. The molecular formula is C10H9N2O3+. The van der Waals surface area contributed by atoms with Crippen molar-refractivity contribution in [2.75, 3.05) is 7.11 Å². The van der Waals surface area contributed by atoms with Crippen molar-refractivity contribution < 1.29 is 14.6 Å². The van der Waals surface area contributed by atoms with Gasteiger partial charge in [-0.1, -0.05) is 30.3 Å². The zero-order valence-corrected chi connectivity index (χ0v) is 8.04. The van der Waals surface area contributed by atoms with Crippen LogP contribution in [0.2, 0.25) is 0 Å². The van der Waals surface area contributed by atoms with Crippen LogP contribution in [0.5, 0.6) is 0 Å². The van der Waals surface area contributed by atoms with Crippen molar-refractivity contribution in [3.05, 3.63) is 46.6 Å². The third kappa shape index (κ3) is 2.31. The lowest BCUT2D eigenvalue weighted by Crippen LogP contribution is -2.04. The molecule has 0 heterocycles. The lowest BCUT2D eigenvalue weighted by molar-refractivity contribution is -0.135. The lowest BCUT2D eigenvalue weighted by Gasteiger charge is -1.95. The molecule has 1 N–H and O–H groups in total. The number of carbonyl (C=O) groups is 1. The number of ether oxygens (including phenoxy) is 1. The van der Waals surface area contributed by atoms with E-state index in [0.717, 1.165) is 7.11 Å². The lowest BCUT2D eigenvalue weighted by atomic mass is 10.1. The smallest absolute Gasteiger partial charge is 0.501 e. The molecule has 0 amide bonds. The fourth-order valence-electron chi connectivity index (χ4n) is 1.01. The summed E-state index contributed by atoms with van der Waals surface area (Å²) in [6, 6.07) is 8.26. The summed E-state index contributed by atoms with van der Waals surface area (Å²) in [5.74, 6) is -1.33. The highest BCUT2D eigenvalue weighted by atomic mass is 16.5. The van der Waals surface area contributed by atoms with Gasteiger partial charge in [0.15, 0.2) is 4.98 Å². The number of rotatable bonds is 2. The van der Waals surface area contributed by atoms with E-state index in [0.29, 0.717) is 5.56 Å². The Balaban J connectivity index is 3.20. The summed E-state index contributed by atoms with van der Waals surface area (Å²) in [4.78, 5) is 13.8. The Morgan fingerprint density at radius 3 is 2.47 bits per heavy atom. The average Bonchev–Trinajstić information content (AvgIpc) is 2.30. The summed E-state index contributed by atoms with van der Waals surface area (Å²) in [5, 5.41) is 18.2. The van der Waals surface area contributed by atoms with Gasteiger partial charge in [0, 0.05) is 5.56 Å². The second-order valence-corrected chi connectivity index (χ2v) is 2.65. The number of carbonyl (C=O) groups excluding carboxylic acids is 1. The molecule has 0 aliphatic carbocycles. The maximum atomic E-state index is 11.1. The van der Waals surface area contributed by atoms with Crippen molar-refractivity contribution in [1.82, 2.24) is 0 Å². The number of aliphatic hydroxyl groups excluding tert-OH is 1. The summed E-state index contributed by atoms with van der Waals surface area (Å²) in [6.07, 6.45) is 0. The predicted octanol–water partition coefficient (Wildman–Crippen LogP) is 1.94. The molecule has 0 radical (unpaired) electrons. The SMILES string of the molecule is COC(=O)/C([N+]#N)=C(\O)c1ccccc1. The summed E-state index contributed by atoms with van der Waals surface area (Å²) in [6.45, 7) is 0. The molecule has 0 fully saturated rings. The van der Waals surface area contributed by atoms with E-state index in [-0.39, 0.29) is 0 Å². The molecule has 15 heavy (non-hydrogen) atoms. The van der Waals surface area contributed by atoms with E-state index in [1.54, 1.807) is 30.3 Å². The van der Waals surface area contributed by atoms with E-state index in [1.165, 1.54) is 0 Å². The van der Waals surface area contributed by atoms with Crippen molar-refractivity contribution in [1.29, 1.82) is 5.39 Å². The van der Waals surface area contributed by atoms with Crippen LogP contribution in [0.4, 0.5) is 0 Å². The summed E-state index contributed by atoms with van der Waals surface area (Å²) < 4.78 is 4.34. The first kappa shape index (κ1) is 10.7. The van der Waals surface area contributed by atoms with Gasteiger partial charge in [-0.2, -0.15) is 0 Å². The van der Waals surface area contributed by atoms with Crippen LogP contribution in [-0.2, 0) is 9.53 Å². The largest absolute Gasteiger partial charge is 0.510 e. The van der Waals surface area contributed by atoms with Gasteiger partial charge >= 0.3 is 11.7 Å². The molecule has 0 aromatic heterocycles. The first-order valence-corrected chi connectivity index (χ1v) is 4.12. The Bertz CT molecular complexity index is 432. The van der Waals surface area contributed by atoms with Crippen LogP contribution in [0.15, 0.2) is 36.0 Å². The van der Waals surface area contributed by atoms with Crippen molar-refractivity contribution in [2.45, 2.75) is 0 Å². The van der Waals surface area contributed by atoms with Crippen molar-refractivity contribution in [3.8, 4) is 0 Å². The zero-order chi connectivity index (χ0) is 11.3. The van der Waals surface area contributed by atoms with Gasteiger partial charge in [0.25, 0.3) is 0 Å². The van der Waals surface area contributed by atoms with Crippen LogP contribution < -0.4 is 0 Å². The number of hydrogen-bond acceptors (Lipinski definition) is 4. The molecule has 0 saturated carbocycles. The van der Waals surface area contributed by atoms with Gasteiger partial charge < -0.3 is 9.84 Å². The highest BCUT2D eigenvalue weighted by molar-refractivity contribution is 5.97. The van der Waals surface area contributed by atoms with E-state index in [4.69, 9.17) is 5.39 Å². The van der Waals surface area contributed by atoms with E-state index < -0.39 is 17.4 Å². The maximum Gasteiger partial charge on any atom is 0.510 e. The van der Waals surface area contributed by atoms with E-state index in [1.807, 2.05) is 0 Å². The topological polar surface area (TPSA) is 74.7 Å². The Hall–Kier alpha value is -2.35. The molecule has 0 aliphatic rings. The third-order valence-corrected chi connectivity index (χ3v) is 1.75. The Morgan fingerprint density at radius 1 is 1.40 bits per heavy atom. The minimum absolute atomic E-state index is 0.371. The van der Waals surface area contributed by atoms with Gasteiger partial charge in [-0.3, -0.25) is 0 Å². The Labute approximate surface area is 86.2 Å².